The van der Waals surface area contributed by atoms with Gasteiger partial charge in [0.1, 0.15) is 19.0 Å². The van der Waals surface area contributed by atoms with Crippen molar-refractivity contribution in [1.29, 1.82) is 0 Å². The van der Waals surface area contributed by atoms with Gasteiger partial charge < -0.3 is 9.47 Å². The molecule has 0 N–H and O–H groups in total. The zero-order chi connectivity index (χ0) is 22.9. The number of esters is 1. The number of nitrogens with zero attached hydrogens (tertiary/aromatic N) is 2. The monoisotopic (exact) mass is 444 g/mol. The van der Waals surface area contributed by atoms with E-state index < -0.39 is 15.8 Å². The summed E-state index contributed by atoms with van der Waals surface area (Å²) in [5.41, 5.74) is 1.52. The maximum atomic E-state index is 12.4. The van der Waals surface area contributed by atoms with Gasteiger partial charge in [-0.15, -0.1) is 0 Å². The van der Waals surface area contributed by atoms with Crippen LogP contribution in [-0.4, -0.2) is 33.4 Å². The fourth-order valence-electron chi connectivity index (χ4n) is 2.45. The lowest BCUT2D eigenvalue weighted by atomic mass is 10.2. The molecule has 31 heavy (non-hydrogen) atoms. The van der Waals surface area contributed by atoms with Crippen LogP contribution in [0.1, 0.15) is 27.2 Å². The summed E-state index contributed by atoms with van der Waals surface area (Å²) in [6, 6.07) is 13.3. The Labute approximate surface area is 183 Å². The van der Waals surface area contributed by atoms with Crippen LogP contribution in [0.2, 0.25) is 0 Å². The number of benzene rings is 2. The van der Waals surface area contributed by atoms with Crippen molar-refractivity contribution in [2.45, 2.75) is 32.1 Å². The quantitative estimate of drug-likeness (QED) is 0.200. The van der Waals surface area contributed by atoms with E-state index in [1.807, 2.05) is 13.8 Å². The molecule has 2 aromatic carbocycles. The molecule has 0 spiro atoms. The number of hydrogen-bond acceptors (Lipinski definition) is 7. The smallest absolute Gasteiger partial charge is 0.333 e. The van der Waals surface area contributed by atoms with Crippen LogP contribution in [0.3, 0.4) is 0 Å². The molecule has 0 bridgehead atoms. The molecule has 8 heteroatoms. The first-order valence-corrected chi connectivity index (χ1v) is 11.7. The van der Waals surface area contributed by atoms with Crippen molar-refractivity contribution in [3.63, 3.8) is 0 Å². The van der Waals surface area contributed by atoms with E-state index in [0.717, 1.165) is 6.42 Å². The molecule has 0 radical (unpaired) electrons. The minimum absolute atomic E-state index is 0.114. The third-order valence-corrected chi connectivity index (χ3v) is 6.45. The number of carbonyl (C=O) groups is 1. The number of hydrogen-bond donors (Lipinski definition) is 0. The summed E-state index contributed by atoms with van der Waals surface area (Å²) in [5.74, 6) is 0.416. The van der Waals surface area contributed by atoms with Crippen LogP contribution in [0, 0.1) is 5.92 Å². The standard InChI is InChI=1S/C23H28N2O5S/c1-5-18(4)16-31(27,28)22-12-8-20(9-13-22)25-24-19-6-10-21(11-7-19)29-14-15-30-23(26)17(2)3/h6-13,18H,2,5,14-16H2,1,3-4H3/b25-24+. The minimum Gasteiger partial charge on any atom is -0.490 e. The van der Waals surface area contributed by atoms with Crippen molar-refractivity contribution in [2.24, 2.45) is 16.1 Å². The molecule has 0 aliphatic carbocycles. The Kier molecular flexibility index (Phi) is 8.93. The number of azo groups is 1. The van der Waals surface area contributed by atoms with Gasteiger partial charge in [-0.2, -0.15) is 10.2 Å². The molecule has 0 saturated heterocycles. The highest BCUT2D eigenvalue weighted by atomic mass is 32.2. The summed E-state index contributed by atoms with van der Waals surface area (Å²) in [6.45, 7) is 9.36. The largest absolute Gasteiger partial charge is 0.490 e. The Hall–Kier alpha value is -3.00. The van der Waals surface area contributed by atoms with E-state index in [1.54, 1.807) is 55.5 Å². The van der Waals surface area contributed by atoms with E-state index >= 15 is 0 Å². The highest BCUT2D eigenvalue weighted by Gasteiger charge is 2.17. The van der Waals surface area contributed by atoms with E-state index in [0.29, 0.717) is 27.6 Å². The van der Waals surface area contributed by atoms with Gasteiger partial charge in [0.15, 0.2) is 9.84 Å². The third-order valence-electron chi connectivity index (χ3n) is 4.45. The van der Waals surface area contributed by atoms with Gasteiger partial charge in [-0.25, -0.2) is 13.2 Å². The summed E-state index contributed by atoms with van der Waals surface area (Å²) in [6.07, 6.45) is 0.817. The van der Waals surface area contributed by atoms with Gasteiger partial charge in [-0.05, 0) is 61.4 Å². The number of ether oxygens (including phenoxy) is 2. The topological polar surface area (TPSA) is 94.4 Å². The molecular weight excluding hydrogens is 416 g/mol. The van der Waals surface area contributed by atoms with E-state index in [1.165, 1.54) is 0 Å². The Morgan fingerprint density at radius 1 is 1.00 bits per heavy atom. The van der Waals surface area contributed by atoms with Crippen molar-refractivity contribution in [1.82, 2.24) is 0 Å². The van der Waals surface area contributed by atoms with Gasteiger partial charge in [0.25, 0.3) is 0 Å². The molecule has 2 aromatic rings. The number of sulfone groups is 1. The number of carbonyl (C=O) groups excluding carboxylic acids is 1. The maximum Gasteiger partial charge on any atom is 0.333 e. The molecule has 1 atom stereocenters. The van der Waals surface area contributed by atoms with Gasteiger partial charge >= 0.3 is 5.97 Å². The first-order chi connectivity index (χ1) is 14.7. The molecule has 7 nitrogen and oxygen atoms in total. The Morgan fingerprint density at radius 3 is 2.06 bits per heavy atom. The van der Waals surface area contributed by atoms with Crippen LogP contribution in [0.4, 0.5) is 11.4 Å². The lowest BCUT2D eigenvalue weighted by molar-refractivity contribution is -0.139. The van der Waals surface area contributed by atoms with E-state index in [-0.39, 0.29) is 24.9 Å². The average molecular weight is 445 g/mol. The van der Waals surface area contributed by atoms with E-state index in [4.69, 9.17) is 9.47 Å². The molecule has 0 fully saturated rings. The highest BCUT2D eigenvalue weighted by Crippen LogP contribution is 2.23. The van der Waals surface area contributed by atoms with E-state index in [9.17, 15) is 13.2 Å². The first kappa shape index (κ1) is 24.3. The molecule has 0 aliphatic heterocycles. The molecule has 0 amide bonds. The average Bonchev–Trinajstić information content (AvgIpc) is 2.75. The maximum absolute atomic E-state index is 12.4. The second-order valence-corrected chi connectivity index (χ2v) is 9.28. The van der Waals surface area contributed by atoms with Crippen LogP contribution < -0.4 is 4.74 Å². The number of rotatable bonds is 11. The van der Waals surface area contributed by atoms with E-state index in [2.05, 4.69) is 16.8 Å². The van der Waals surface area contributed by atoms with Crippen molar-refractivity contribution in [3.8, 4) is 5.75 Å². The van der Waals surface area contributed by atoms with Crippen LogP contribution in [0.5, 0.6) is 5.75 Å². The van der Waals surface area contributed by atoms with Gasteiger partial charge in [0.2, 0.25) is 0 Å². The molecule has 0 aromatic heterocycles. The third kappa shape index (κ3) is 7.97. The fourth-order valence-corrected chi connectivity index (χ4v) is 4.18. The molecule has 166 valence electrons. The molecular formula is C23H28N2O5S. The van der Waals surface area contributed by atoms with Crippen molar-refractivity contribution in [3.05, 3.63) is 60.7 Å². The summed E-state index contributed by atoms with van der Waals surface area (Å²) < 4.78 is 35.2. The van der Waals surface area contributed by atoms with Crippen LogP contribution in [0.25, 0.3) is 0 Å². The van der Waals surface area contributed by atoms with Gasteiger partial charge in [-0.3, -0.25) is 0 Å². The highest BCUT2D eigenvalue weighted by molar-refractivity contribution is 7.91. The van der Waals surface area contributed by atoms with Crippen LogP contribution in [0.15, 0.2) is 75.8 Å². The van der Waals surface area contributed by atoms with Crippen LogP contribution in [-0.2, 0) is 19.4 Å². The van der Waals surface area contributed by atoms with Gasteiger partial charge in [-0.1, -0.05) is 26.8 Å². The van der Waals surface area contributed by atoms with Gasteiger partial charge in [0, 0.05) is 5.57 Å². The first-order valence-electron chi connectivity index (χ1n) is 10.0. The molecule has 1 unspecified atom stereocenters. The molecule has 2 rings (SSSR count). The Bertz CT molecular complexity index is 1010. The van der Waals surface area contributed by atoms with Crippen molar-refractivity contribution < 1.29 is 22.7 Å². The zero-order valence-electron chi connectivity index (χ0n) is 18.1. The van der Waals surface area contributed by atoms with Crippen LogP contribution >= 0.6 is 0 Å². The lowest BCUT2D eigenvalue weighted by Crippen LogP contribution is -2.13. The predicted molar refractivity (Wildman–Crippen MR) is 120 cm³/mol. The summed E-state index contributed by atoms with van der Waals surface area (Å²) in [7, 11) is -3.30. The van der Waals surface area contributed by atoms with Crippen molar-refractivity contribution >= 4 is 27.2 Å². The Morgan fingerprint density at radius 2 is 1.55 bits per heavy atom. The second kappa shape index (κ2) is 11.4. The summed E-state index contributed by atoms with van der Waals surface area (Å²) in [5, 5.41) is 8.29. The Balaban J connectivity index is 1.89. The second-order valence-electron chi connectivity index (χ2n) is 7.25. The zero-order valence-corrected chi connectivity index (χ0v) is 18.9. The molecule has 0 heterocycles. The van der Waals surface area contributed by atoms with Crippen molar-refractivity contribution in [2.75, 3.05) is 19.0 Å². The SMILES string of the molecule is C=C(C)C(=O)OCCOc1ccc(/N=N/c2ccc(S(=O)(=O)CC(C)CC)cc2)cc1. The summed E-state index contributed by atoms with van der Waals surface area (Å²) >= 11 is 0. The van der Waals surface area contributed by atoms with Gasteiger partial charge in [0.05, 0.1) is 22.0 Å². The molecule has 0 aliphatic rings. The lowest BCUT2D eigenvalue weighted by Gasteiger charge is -2.09. The predicted octanol–water partition coefficient (Wildman–Crippen LogP) is 5.42. The fraction of sp³-hybridized carbons (Fsp3) is 0.348. The normalized spacial score (nSPS) is 12.5. The molecule has 0 saturated carbocycles. The summed E-state index contributed by atoms with van der Waals surface area (Å²) in [4.78, 5) is 11.6. The minimum atomic E-state index is -3.30.